The molecular weight excluding hydrogens is 196 g/mol. The van der Waals surface area contributed by atoms with Crippen LogP contribution in [-0.4, -0.2) is 34.1 Å². The lowest BCUT2D eigenvalue weighted by molar-refractivity contribution is -0.141. The molecule has 2 rings (SSSR count). The van der Waals surface area contributed by atoms with E-state index < -0.39 is 18.0 Å². The molecule has 0 aromatic carbocycles. The van der Waals surface area contributed by atoms with Crippen molar-refractivity contribution in [3.05, 3.63) is 0 Å². The van der Waals surface area contributed by atoms with Crippen LogP contribution in [0.2, 0.25) is 0 Å². The van der Waals surface area contributed by atoms with Crippen LogP contribution in [0, 0.1) is 5.92 Å². The van der Waals surface area contributed by atoms with Crippen LogP contribution in [0.3, 0.4) is 0 Å². The molecule has 3 unspecified atom stereocenters. The molecule has 0 spiro atoms. The van der Waals surface area contributed by atoms with Crippen LogP contribution >= 0.6 is 0 Å². The van der Waals surface area contributed by atoms with Gasteiger partial charge in [-0.15, -0.1) is 0 Å². The van der Waals surface area contributed by atoms with Crippen molar-refractivity contribution in [1.29, 1.82) is 0 Å². The van der Waals surface area contributed by atoms with Crippen molar-refractivity contribution in [3.63, 3.8) is 0 Å². The standard InChI is InChI=1S/C10H16N2O3/c11-10(15)12-7-4-2-1-3-6(7)5-8(12)9(13)14/h6-8H,1-5H2,(H2,11,15)(H,13,14). The van der Waals surface area contributed by atoms with Gasteiger partial charge in [-0.1, -0.05) is 12.8 Å². The molecule has 0 aromatic heterocycles. The summed E-state index contributed by atoms with van der Waals surface area (Å²) in [4.78, 5) is 23.6. The first-order valence-electron chi connectivity index (χ1n) is 5.42. The zero-order chi connectivity index (χ0) is 11.0. The minimum atomic E-state index is -0.928. The van der Waals surface area contributed by atoms with Crippen molar-refractivity contribution >= 4 is 12.0 Å². The number of nitrogens with two attached hydrogens (primary N) is 1. The van der Waals surface area contributed by atoms with Crippen LogP contribution in [0.1, 0.15) is 32.1 Å². The number of hydrogen-bond donors (Lipinski definition) is 2. The highest BCUT2D eigenvalue weighted by atomic mass is 16.4. The Morgan fingerprint density at radius 2 is 1.93 bits per heavy atom. The molecule has 84 valence electrons. The largest absolute Gasteiger partial charge is 0.480 e. The molecule has 1 saturated heterocycles. The van der Waals surface area contributed by atoms with Gasteiger partial charge in [0.15, 0.2) is 0 Å². The molecule has 5 nitrogen and oxygen atoms in total. The molecule has 2 fully saturated rings. The van der Waals surface area contributed by atoms with Crippen molar-refractivity contribution in [2.24, 2.45) is 11.7 Å². The van der Waals surface area contributed by atoms with Gasteiger partial charge in [-0.2, -0.15) is 0 Å². The predicted octanol–water partition coefficient (Wildman–Crippen LogP) is 0.783. The third-order valence-corrected chi connectivity index (χ3v) is 3.63. The maximum absolute atomic E-state index is 11.3. The number of carbonyl (C=O) groups is 2. The minimum absolute atomic E-state index is 0.0670. The first-order chi connectivity index (χ1) is 7.11. The second-order valence-electron chi connectivity index (χ2n) is 4.45. The van der Waals surface area contributed by atoms with Gasteiger partial charge in [0.2, 0.25) is 0 Å². The Bertz CT molecular complexity index is 292. The number of nitrogens with zero attached hydrogens (tertiary/aromatic N) is 1. The van der Waals surface area contributed by atoms with Crippen molar-refractivity contribution < 1.29 is 14.7 Å². The van der Waals surface area contributed by atoms with Gasteiger partial charge in [0.1, 0.15) is 6.04 Å². The molecule has 0 aromatic rings. The second kappa shape index (κ2) is 3.72. The number of amides is 2. The summed E-state index contributed by atoms with van der Waals surface area (Å²) in [5.41, 5.74) is 5.26. The van der Waals surface area contributed by atoms with Gasteiger partial charge in [-0.05, 0) is 25.2 Å². The minimum Gasteiger partial charge on any atom is -0.480 e. The molecular formula is C10H16N2O3. The molecule has 2 aliphatic rings. The first kappa shape index (κ1) is 10.3. The topological polar surface area (TPSA) is 83.6 Å². The zero-order valence-electron chi connectivity index (χ0n) is 8.56. The van der Waals surface area contributed by atoms with Crippen LogP contribution in [0.25, 0.3) is 0 Å². The Morgan fingerprint density at radius 3 is 2.53 bits per heavy atom. The van der Waals surface area contributed by atoms with Crippen LogP contribution in [0.15, 0.2) is 0 Å². The zero-order valence-corrected chi connectivity index (χ0v) is 8.56. The molecule has 1 saturated carbocycles. The van der Waals surface area contributed by atoms with E-state index in [2.05, 4.69) is 0 Å². The fraction of sp³-hybridized carbons (Fsp3) is 0.800. The van der Waals surface area contributed by atoms with E-state index in [4.69, 9.17) is 10.8 Å². The van der Waals surface area contributed by atoms with Crippen LogP contribution in [0.4, 0.5) is 4.79 Å². The molecule has 15 heavy (non-hydrogen) atoms. The highest BCUT2D eigenvalue weighted by molar-refractivity contribution is 5.82. The quantitative estimate of drug-likeness (QED) is 0.673. The van der Waals surface area contributed by atoms with Gasteiger partial charge in [-0.3, -0.25) is 0 Å². The molecule has 1 heterocycles. The van der Waals surface area contributed by atoms with Gasteiger partial charge in [-0.25, -0.2) is 9.59 Å². The Balaban J connectivity index is 2.21. The Labute approximate surface area is 88.2 Å². The van der Waals surface area contributed by atoms with Crippen LogP contribution < -0.4 is 5.73 Å². The highest BCUT2D eigenvalue weighted by Crippen LogP contribution is 2.39. The summed E-state index contributed by atoms with van der Waals surface area (Å²) >= 11 is 0. The van der Waals surface area contributed by atoms with E-state index in [9.17, 15) is 9.59 Å². The summed E-state index contributed by atoms with van der Waals surface area (Å²) < 4.78 is 0. The maximum Gasteiger partial charge on any atom is 0.326 e. The smallest absolute Gasteiger partial charge is 0.326 e. The number of aliphatic carboxylic acids is 1. The maximum atomic E-state index is 11.3. The SMILES string of the molecule is NC(=O)N1C(C(=O)O)CC2CCCCC21. The average molecular weight is 212 g/mol. The summed E-state index contributed by atoms with van der Waals surface area (Å²) in [5, 5.41) is 9.03. The molecule has 0 radical (unpaired) electrons. The van der Waals surface area contributed by atoms with E-state index in [0.717, 1.165) is 25.7 Å². The van der Waals surface area contributed by atoms with Gasteiger partial charge in [0.05, 0.1) is 0 Å². The number of likely N-dealkylation sites (tertiary alicyclic amines) is 1. The molecule has 1 aliphatic carbocycles. The van der Waals surface area contributed by atoms with Crippen LogP contribution in [0.5, 0.6) is 0 Å². The third-order valence-electron chi connectivity index (χ3n) is 3.63. The number of hydrogen-bond acceptors (Lipinski definition) is 2. The predicted molar refractivity (Wildman–Crippen MR) is 53.2 cm³/mol. The molecule has 0 bridgehead atoms. The van der Waals surface area contributed by atoms with Crippen LogP contribution in [-0.2, 0) is 4.79 Å². The second-order valence-corrected chi connectivity index (χ2v) is 4.45. The van der Waals surface area contributed by atoms with E-state index in [1.54, 1.807) is 0 Å². The van der Waals surface area contributed by atoms with E-state index in [-0.39, 0.29) is 6.04 Å². The van der Waals surface area contributed by atoms with Crippen molar-refractivity contribution in [2.75, 3.05) is 0 Å². The number of primary amides is 1. The summed E-state index contributed by atoms with van der Waals surface area (Å²) in [5.74, 6) is -0.587. The highest BCUT2D eigenvalue weighted by Gasteiger charge is 2.46. The third kappa shape index (κ3) is 1.66. The lowest BCUT2D eigenvalue weighted by Crippen LogP contribution is -2.48. The van der Waals surface area contributed by atoms with E-state index >= 15 is 0 Å². The lowest BCUT2D eigenvalue weighted by Gasteiger charge is -2.31. The summed E-state index contributed by atoms with van der Waals surface area (Å²) in [7, 11) is 0. The monoisotopic (exact) mass is 212 g/mol. The lowest BCUT2D eigenvalue weighted by atomic mass is 9.85. The average Bonchev–Trinajstić information content (AvgIpc) is 2.56. The number of rotatable bonds is 1. The van der Waals surface area contributed by atoms with Gasteiger partial charge in [0, 0.05) is 6.04 Å². The van der Waals surface area contributed by atoms with Crippen molar-refractivity contribution in [2.45, 2.75) is 44.2 Å². The fourth-order valence-electron chi connectivity index (χ4n) is 3.00. The number of carbonyl (C=O) groups excluding carboxylic acids is 1. The Hall–Kier alpha value is -1.26. The molecule has 2 amide bonds. The number of urea groups is 1. The summed E-state index contributed by atoms with van der Waals surface area (Å²) in [6.07, 6.45) is 4.70. The van der Waals surface area contributed by atoms with Crippen molar-refractivity contribution in [1.82, 2.24) is 4.90 Å². The molecule has 3 N–H and O–H groups in total. The van der Waals surface area contributed by atoms with E-state index in [1.165, 1.54) is 4.90 Å². The van der Waals surface area contributed by atoms with Crippen molar-refractivity contribution in [3.8, 4) is 0 Å². The van der Waals surface area contributed by atoms with E-state index in [1.807, 2.05) is 0 Å². The Morgan fingerprint density at radius 1 is 1.27 bits per heavy atom. The number of fused-ring (bicyclic) bond motifs is 1. The fourth-order valence-corrected chi connectivity index (χ4v) is 3.00. The number of carboxylic acid groups (broad SMARTS) is 1. The summed E-state index contributed by atoms with van der Waals surface area (Å²) in [6, 6.07) is -1.22. The number of carboxylic acids is 1. The van der Waals surface area contributed by atoms with Gasteiger partial charge in [0.25, 0.3) is 0 Å². The van der Waals surface area contributed by atoms with Gasteiger partial charge < -0.3 is 15.7 Å². The summed E-state index contributed by atoms with van der Waals surface area (Å²) in [6.45, 7) is 0. The molecule has 1 aliphatic heterocycles. The first-order valence-corrected chi connectivity index (χ1v) is 5.42. The van der Waals surface area contributed by atoms with Gasteiger partial charge >= 0.3 is 12.0 Å². The molecule has 3 atom stereocenters. The van der Waals surface area contributed by atoms with E-state index in [0.29, 0.717) is 12.3 Å². The molecule has 5 heteroatoms. The normalized spacial score (nSPS) is 34.9. The Kier molecular flexibility index (Phi) is 2.54.